The van der Waals surface area contributed by atoms with E-state index in [4.69, 9.17) is 23.2 Å². The Kier molecular flexibility index (Phi) is 4.69. The van der Waals surface area contributed by atoms with Gasteiger partial charge in [-0.25, -0.2) is 4.98 Å². The first kappa shape index (κ1) is 13.5. The van der Waals surface area contributed by atoms with Gasteiger partial charge in [0.15, 0.2) is 5.15 Å². The zero-order valence-corrected chi connectivity index (χ0v) is 12.0. The van der Waals surface area contributed by atoms with Crippen molar-refractivity contribution in [3.05, 3.63) is 46.1 Å². The van der Waals surface area contributed by atoms with Crippen LogP contribution in [-0.4, -0.2) is 16.2 Å². The van der Waals surface area contributed by atoms with Crippen LogP contribution in [0.4, 0.5) is 5.95 Å². The van der Waals surface area contributed by atoms with Crippen LogP contribution in [0.1, 0.15) is 5.56 Å². The first-order valence-corrected chi connectivity index (χ1v) is 7.23. The fraction of sp³-hybridized carbons (Fsp3) is 0.167. The van der Waals surface area contributed by atoms with Crippen molar-refractivity contribution < 1.29 is 0 Å². The molecule has 0 aliphatic rings. The zero-order chi connectivity index (χ0) is 13.0. The van der Waals surface area contributed by atoms with E-state index in [-0.39, 0.29) is 5.15 Å². The van der Waals surface area contributed by atoms with Crippen LogP contribution in [0.5, 0.6) is 0 Å². The molecule has 0 saturated carbocycles. The predicted molar refractivity (Wildman–Crippen MR) is 77.6 cm³/mol. The Balaban J connectivity index is 2.13. The van der Waals surface area contributed by atoms with E-state index in [1.807, 2.05) is 36.6 Å². The molecule has 18 heavy (non-hydrogen) atoms. The van der Waals surface area contributed by atoms with Crippen molar-refractivity contribution in [2.75, 3.05) is 11.6 Å². The van der Waals surface area contributed by atoms with Crippen LogP contribution >= 0.6 is 35.0 Å². The second-order valence-corrected chi connectivity index (χ2v) is 5.03. The number of benzene rings is 1. The molecule has 0 amide bonds. The summed E-state index contributed by atoms with van der Waals surface area (Å²) in [6.45, 7) is 0.645. The molecule has 0 radical (unpaired) electrons. The highest BCUT2D eigenvalue weighted by Gasteiger charge is 2.10. The number of hydrogen-bond acceptors (Lipinski definition) is 4. The number of aromatic nitrogens is 2. The van der Waals surface area contributed by atoms with E-state index < -0.39 is 0 Å². The molecule has 0 aliphatic heterocycles. The van der Waals surface area contributed by atoms with Gasteiger partial charge in [-0.1, -0.05) is 53.5 Å². The minimum absolute atomic E-state index is 0.270. The molecule has 2 rings (SSSR count). The van der Waals surface area contributed by atoms with Gasteiger partial charge in [0.2, 0.25) is 5.95 Å². The number of nitrogens with zero attached hydrogens (tertiary/aromatic N) is 2. The lowest BCUT2D eigenvalue weighted by molar-refractivity contribution is 1.000. The summed E-state index contributed by atoms with van der Waals surface area (Å²) in [7, 11) is 0. The van der Waals surface area contributed by atoms with Crippen molar-refractivity contribution in [2.24, 2.45) is 0 Å². The third kappa shape index (κ3) is 3.28. The molecule has 1 N–H and O–H groups in total. The van der Waals surface area contributed by atoms with Gasteiger partial charge in [-0.15, -0.1) is 11.8 Å². The maximum Gasteiger partial charge on any atom is 0.225 e. The summed E-state index contributed by atoms with van der Waals surface area (Å²) in [4.78, 5) is 8.39. The molecule has 2 aromatic rings. The van der Waals surface area contributed by atoms with Gasteiger partial charge in [0, 0.05) is 6.54 Å². The molecule has 0 unspecified atom stereocenters. The smallest absolute Gasteiger partial charge is 0.225 e. The van der Waals surface area contributed by atoms with Gasteiger partial charge in [-0.05, 0) is 11.8 Å². The number of halogens is 2. The summed E-state index contributed by atoms with van der Waals surface area (Å²) < 4.78 is 0. The third-order valence-corrected chi connectivity index (χ3v) is 3.79. The summed E-state index contributed by atoms with van der Waals surface area (Å²) in [5, 5.41) is 4.47. The Hall–Kier alpha value is -0.970. The summed E-state index contributed by atoms with van der Waals surface area (Å²) in [6.07, 6.45) is 1.89. The summed E-state index contributed by atoms with van der Waals surface area (Å²) in [6, 6.07) is 10.0. The summed E-state index contributed by atoms with van der Waals surface area (Å²) in [5.74, 6) is 0.484. The van der Waals surface area contributed by atoms with E-state index in [0.29, 0.717) is 22.5 Å². The third-order valence-electron chi connectivity index (χ3n) is 2.27. The topological polar surface area (TPSA) is 37.8 Å². The van der Waals surface area contributed by atoms with Gasteiger partial charge < -0.3 is 5.32 Å². The highest BCUT2D eigenvalue weighted by atomic mass is 35.5. The standard InChI is InChI=1S/C12H11Cl2N3S/c1-18-11-9(13)10(14)16-12(17-11)15-7-8-5-3-2-4-6-8/h2-6H,7H2,1H3,(H,15,16,17). The highest BCUT2D eigenvalue weighted by molar-refractivity contribution is 7.98. The van der Waals surface area contributed by atoms with Gasteiger partial charge in [0.1, 0.15) is 10.0 Å². The van der Waals surface area contributed by atoms with Crippen molar-refractivity contribution in [3.63, 3.8) is 0 Å². The van der Waals surface area contributed by atoms with Crippen LogP contribution in [0, 0.1) is 0 Å². The molecule has 1 aromatic heterocycles. The van der Waals surface area contributed by atoms with E-state index in [9.17, 15) is 0 Å². The van der Waals surface area contributed by atoms with Crippen LogP contribution in [0.25, 0.3) is 0 Å². The quantitative estimate of drug-likeness (QED) is 0.681. The zero-order valence-electron chi connectivity index (χ0n) is 9.65. The minimum atomic E-state index is 0.270. The van der Waals surface area contributed by atoms with Gasteiger partial charge in [0.05, 0.1) is 0 Å². The minimum Gasteiger partial charge on any atom is -0.350 e. The average molecular weight is 300 g/mol. The summed E-state index contributed by atoms with van der Waals surface area (Å²) >= 11 is 13.4. The molecular weight excluding hydrogens is 289 g/mol. The van der Waals surface area contributed by atoms with Crippen molar-refractivity contribution in [3.8, 4) is 0 Å². The Labute approximate surface area is 120 Å². The van der Waals surface area contributed by atoms with Gasteiger partial charge in [-0.2, -0.15) is 4.98 Å². The monoisotopic (exact) mass is 299 g/mol. The van der Waals surface area contributed by atoms with Crippen LogP contribution in [-0.2, 0) is 6.54 Å². The molecule has 3 nitrogen and oxygen atoms in total. The lowest BCUT2D eigenvalue weighted by Crippen LogP contribution is -2.04. The van der Waals surface area contributed by atoms with Crippen LogP contribution in [0.3, 0.4) is 0 Å². The van der Waals surface area contributed by atoms with E-state index >= 15 is 0 Å². The molecule has 0 aliphatic carbocycles. The molecule has 0 saturated heterocycles. The van der Waals surface area contributed by atoms with E-state index in [1.54, 1.807) is 0 Å². The van der Waals surface area contributed by atoms with Crippen molar-refractivity contribution in [2.45, 2.75) is 11.6 Å². The number of hydrogen-bond donors (Lipinski definition) is 1. The number of anilines is 1. The Bertz CT molecular complexity index is 534. The van der Waals surface area contributed by atoms with Crippen molar-refractivity contribution >= 4 is 40.9 Å². The van der Waals surface area contributed by atoms with Gasteiger partial charge >= 0.3 is 0 Å². The SMILES string of the molecule is CSc1nc(NCc2ccccc2)nc(Cl)c1Cl. The second kappa shape index (κ2) is 6.27. The molecule has 0 spiro atoms. The maximum absolute atomic E-state index is 5.98. The fourth-order valence-electron chi connectivity index (χ4n) is 1.39. The van der Waals surface area contributed by atoms with Crippen molar-refractivity contribution in [1.29, 1.82) is 0 Å². The van der Waals surface area contributed by atoms with E-state index in [0.717, 1.165) is 5.56 Å². The average Bonchev–Trinajstić information content (AvgIpc) is 2.41. The Morgan fingerprint density at radius 3 is 2.56 bits per heavy atom. The normalized spacial score (nSPS) is 10.4. The van der Waals surface area contributed by atoms with Crippen molar-refractivity contribution in [1.82, 2.24) is 9.97 Å². The van der Waals surface area contributed by atoms with E-state index in [1.165, 1.54) is 11.8 Å². The Morgan fingerprint density at radius 1 is 1.17 bits per heavy atom. The van der Waals surface area contributed by atoms with Gasteiger partial charge in [0.25, 0.3) is 0 Å². The van der Waals surface area contributed by atoms with Gasteiger partial charge in [-0.3, -0.25) is 0 Å². The van der Waals surface area contributed by atoms with Crippen LogP contribution < -0.4 is 5.32 Å². The predicted octanol–water partition coefficient (Wildman–Crippen LogP) is 4.12. The molecule has 1 aromatic carbocycles. The number of thioether (sulfide) groups is 1. The molecule has 94 valence electrons. The largest absolute Gasteiger partial charge is 0.350 e. The molecular formula is C12H11Cl2N3S. The first-order chi connectivity index (χ1) is 8.70. The maximum atomic E-state index is 5.98. The molecule has 1 heterocycles. The molecule has 0 bridgehead atoms. The highest BCUT2D eigenvalue weighted by Crippen LogP contribution is 2.29. The Morgan fingerprint density at radius 2 is 1.89 bits per heavy atom. The van der Waals surface area contributed by atoms with E-state index in [2.05, 4.69) is 15.3 Å². The second-order valence-electron chi connectivity index (χ2n) is 3.50. The summed E-state index contributed by atoms with van der Waals surface area (Å²) in [5.41, 5.74) is 1.15. The van der Waals surface area contributed by atoms with Crippen LogP contribution in [0.15, 0.2) is 35.4 Å². The first-order valence-electron chi connectivity index (χ1n) is 5.25. The number of nitrogens with one attached hydrogen (secondary N) is 1. The lowest BCUT2D eigenvalue weighted by atomic mass is 10.2. The molecule has 6 heteroatoms. The van der Waals surface area contributed by atoms with Crippen LogP contribution in [0.2, 0.25) is 10.2 Å². The fourth-order valence-corrected chi connectivity index (χ4v) is 2.39. The molecule has 0 fully saturated rings. The lowest BCUT2D eigenvalue weighted by Gasteiger charge is -2.08. The number of rotatable bonds is 4. The molecule has 0 atom stereocenters.